The van der Waals surface area contributed by atoms with Crippen molar-refractivity contribution in [3.63, 3.8) is 0 Å². The SMILES string of the molecule is Cc1ccc(NN2C(=O)[C@@H]3C[C@@H]4C(=CC[C@@H]5C(=O)N(c6ccc(C(=O)O)c(O)c6)C(=O)[C@@H]54)[C@H](c4ccc(O)c(F)c4)[C@]3(c3ccccc3)C2=O)cc1. The fourth-order valence-corrected chi connectivity index (χ4v) is 8.92. The smallest absolute Gasteiger partial charge is 0.339 e. The number of fused-ring (bicyclic) bond motifs is 4. The normalized spacial score (nSPS) is 26.5. The summed E-state index contributed by atoms with van der Waals surface area (Å²) >= 11 is 0. The molecule has 52 heavy (non-hydrogen) atoms. The number of rotatable bonds is 6. The van der Waals surface area contributed by atoms with Crippen molar-refractivity contribution in [3.05, 3.63) is 131 Å². The van der Waals surface area contributed by atoms with Crippen molar-refractivity contribution in [1.29, 1.82) is 0 Å². The van der Waals surface area contributed by atoms with Crippen LogP contribution < -0.4 is 10.3 Å². The molecule has 11 nitrogen and oxygen atoms in total. The van der Waals surface area contributed by atoms with Gasteiger partial charge in [-0.2, -0.15) is 5.01 Å². The van der Waals surface area contributed by atoms with E-state index in [9.17, 15) is 34.5 Å². The number of nitrogens with one attached hydrogen (secondary N) is 1. The molecule has 3 fully saturated rings. The lowest BCUT2D eigenvalue weighted by molar-refractivity contribution is -0.138. The quantitative estimate of drug-likeness (QED) is 0.152. The van der Waals surface area contributed by atoms with Crippen LogP contribution in [0.2, 0.25) is 0 Å². The largest absolute Gasteiger partial charge is 0.507 e. The molecule has 4 amide bonds. The number of anilines is 2. The Morgan fingerprint density at radius 1 is 0.846 bits per heavy atom. The maximum absolute atomic E-state index is 15.3. The summed E-state index contributed by atoms with van der Waals surface area (Å²) in [6.45, 7) is 1.91. The van der Waals surface area contributed by atoms with Gasteiger partial charge in [-0.15, -0.1) is 0 Å². The number of hydrogen-bond acceptors (Lipinski definition) is 8. The summed E-state index contributed by atoms with van der Waals surface area (Å²) in [7, 11) is 0. The summed E-state index contributed by atoms with van der Waals surface area (Å²) in [5.41, 5.74) is 3.86. The Morgan fingerprint density at radius 2 is 1.58 bits per heavy atom. The Kier molecular flexibility index (Phi) is 7.52. The standard InChI is InChI=1S/C40H32FN3O8/c1-20-7-10-23(11-8-20)42-44-36(48)29-19-28-25(14-15-27-33(28)37(49)43(35(27)47)24-12-13-26(38(50)51)32(46)18-24)34(21-9-16-31(45)30(41)17-21)40(29,39(44)52)22-5-3-2-4-6-22/h2-14,16-18,27-29,33-34,42,45-46H,15,19H2,1H3,(H,50,51)/t27-,28+,29-,33-,34-,40+/m0/s1. The first-order chi connectivity index (χ1) is 24.9. The summed E-state index contributed by atoms with van der Waals surface area (Å²) in [5.74, 6) is -10.4. The van der Waals surface area contributed by atoms with Crippen LogP contribution in [0.15, 0.2) is 103 Å². The predicted octanol–water partition coefficient (Wildman–Crippen LogP) is 5.43. The Hall–Kier alpha value is -6.30. The molecular weight excluding hydrogens is 669 g/mol. The number of imide groups is 2. The molecule has 8 rings (SSSR count). The number of carboxylic acids is 1. The molecule has 1 saturated carbocycles. The highest BCUT2D eigenvalue weighted by Gasteiger charge is 2.70. The van der Waals surface area contributed by atoms with Gasteiger partial charge in [-0.1, -0.05) is 65.7 Å². The van der Waals surface area contributed by atoms with E-state index in [1.165, 1.54) is 18.2 Å². The van der Waals surface area contributed by atoms with E-state index in [0.717, 1.165) is 33.7 Å². The molecule has 4 aromatic rings. The first kappa shape index (κ1) is 32.9. The van der Waals surface area contributed by atoms with Crippen molar-refractivity contribution in [3.8, 4) is 11.5 Å². The number of allylic oxidation sites excluding steroid dienone is 2. The first-order valence-corrected chi connectivity index (χ1v) is 16.8. The number of halogens is 1. The number of phenolic OH excluding ortho intramolecular Hbond substituents is 1. The van der Waals surface area contributed by atoms with Gasteiger partial charge in [0, 0.05) is 12.0 Å². The molecule has 2 aliphatic carbocycles. The van der Waals surface area contributed by atoms with Crippen molar-refractivity contribution >= 4 is 41.0 Å². The topological polar surface area (TPSA) is 165 Å². The van der Waals surface area contributed by atoms with Gasteiger partial charge < -0.3 is 15.3 Å². The number of amides is 4. The number of benzene rings is 4. The molecule has 6 atom stereocenters. The molecule has 4 aliphatic rings. The van der Waals surface area contributed by atoms with Gasteiger partial charge >= 0.3 is 5.97 Å². The first-order valence-electron chi connectivity index (χ1n) is 16.8. The highest BCUT2D eigenvalue weighted by molar-refractivity contribution is 6.23. The van der Waals surface area contributed by atoms with E-state index >= 15 is 9.18 Å². The Labute approximate surface area is 296 Å². The van der Waals surface area contributed by atoms with Crippen molar-refractivity contribution in [2.75, 3.05) is 10.3 Å². The van der Waals surface area contributed by atoms with Crippen LogP contribution in [0.25, 0.3) is 0 Å². The molecule has 12 heteroatoms. The van der Waals surface area contributed by atoms with E-state index in [-0.39, 0.29) is 18.5 Å². The summed E-state index contributed by atoms with van der Waals surface area (Å²) in [5, 5.41) is 31.0. The molecule has 0 unspecified atom stereocenters. The Morgan fingerprint density at radius 3 is 2.25 bits per heavy atom. The lowest BCUT2D eigenvalue weighted by atomic mass is 9.49. The molecule has 0 bridgehead atoms. The van der Waals surface area contributed by atoms with Gasteiger partial charge in [-0.3, -0.25) is 24.6 Å². The molecule has 0 aromatic heterocycles. The third kappa shape index (κ3) is 4.66. The minimum absolute atomic E-state index is 0.000594. The van der Waals surface area contributed by atoms with Crippen LogP contribution in [0.4, 0.5) is 15.8 Å². The second kappa shape index (κ2) is 11.9. The van der Waals surface area contributed by atoms with Crippen LogP contribution in [-0.2, 0) is 24.6 Å². The minimum atomic E-state index is -1.61. The third-order valence-corrected chi connectivity index (χ3v) is 11.2. The molecule has 0 spiro atoms. The van der Waals surface area contributed by atoms with Crippen LogP contribution in [0.1, 0.15) is 45.8 Å². The van der Waals surface area contributed by atoms with Crippen LogP contribution >= 0.6 is 0 Å². The van der Waals surface area contributed by atoms with Gasteiger partial charge in [0.2, 0.25) is 11.8 Å². The zero-order chi connectivity index (χ0) is 36.6. The number of nitrogens with zero attached hydrogens (tertiary/aromatic N) is 2. The molecule has 2 aliphatic heterocycles. The van der Waals surface area contributed by atoms with E-state index in [0.29, 0.717) is 22.4 Å². The number of carbonyl (C=O) groups is 5. The number of carbonyl (C=O) groups excluding carboxylic acids is 4. The summed E-state index contributed by atoms with van der Waals surface area (Å²) in [6.07, 6.45) is 1.91. The van der Waals surface area contributed by atoms with Gasteiger partial charge in [-0.05, 0) is 73.2 Å². The van der Waals surface area contributed by atoms with Crippen molar-refractivity contribution < 1.29 is 43.7 Å². The lowest BCUT2D eigenvalue weighted by Crippen LogP contribution is -2.53. The molecule has 4 N–H and O–H groups in total. The van der Waals surface area contributed by atoms with Crippen LogP contribution in [0, 0.1) is 36.4 Å². The average Bonchev–Trinajstić information content (AvgIpc) is 3.51. The third-order valence-electron chi connectivity index (χ3n) is 11.2. The van der Waals surface area contributed by atoms with Gasteiger partial charge in [-0.25, -0.2) is 14.1 Å². The summed E-state index contributed by atoms with van der Waals surface area (Å²) in [6, 6.07) is 23.2. The second-order valence-corrected chi connectivity index (χ2v) is 13.8. The number of aryl methyl sites for hydroxylation is 1. The second-order valence-electron chi connectivity index (χ2n) is 13.8. The Bertz CT molecular complexity index is 2240. The van der Waals surface area contributed by atoms with Crippen LogP contribution in [0.3, 0.4) is 0 Å². The molecule has 4 aromatic carbocycles. The van der Waals surface area contributed by atoms with Gasteiger partial charge in [0.15, 0.2) is 11.6 Å². The van der Waals surface area contributed by atoms with Gasteiger partial charge in [0.05, 0.1) is 34.5 Å². The number of carboxylic acid groups (broad SMARTS) is 1. The zero-order valence-corrected chi connectivity index (χ0v) is 27.7. The molecule has 2 heterocycles. The fourth-order valence-electron chi connectivity index (χ4n) is 8.92. The minimum Gasteiger partial charge on any atom is -0.507 e. The number of phenols is 2. The molecule has 0 radical (unpaired) electrons. The van der Waals surface area contributed by atoms with Crippen molar-refractivity contribution in [1.82, 2.24) is 5.01 Å². The summed E-state index contributed by atoms with van der Waals surface area (Å²) < 4.78 is 15.3. The highest BCUT2D eigenvalue weighted by Crippen LogP contribution is 2.64. The lowest BCUT2D eigenvalue weighted by Gasteiger charge is -2.50. The maximum Gasteiger partial charge on any atom is 0.339 e. The van der Waals surface area contributed by atoms with E-state index in [2.05, 4.69) is 5.43 Å². The van der Waals surface area contributed by atoms with Crippen molar-refractivity contribution in [2.24, 2.45) is 23.7 Å². The molecule has 2 saturated heterocycles. The van der Waals surface area contributed by atoms with E-state index < -0.39 is 87.5 Å². The van der Waals surface area contributed by atoms with Crippen molar-refractivity contribution in [2.45, 2.75) is 31.1 Å². The average molecular weight is 702 g/mol. The number of hydrogen-bond donors (Lipinski definition) is 4. The maximum atomic E-state index is 15.3. The zero-order valence-electron chi connectivity index (χ0n) is 27.7. The number of hydrazine groups is 1. The Balaban J connectivity index is 1.30. The van der Waals surface area contributed by atoms with E-state index in [1.54, 1.807) is 42.5 Å². The molecule has 262 valence electrons. The summed E-state index contributed by atoms with van der Waals surface area (Å²) in [4.78, 5) is 70.7. The van der Waals surface area contributed by atoms with Gasteiger partial charge in [0.1, 0.15) is 11.3 Å². The van der Waals surface area contributed by atoms with E-state index in [1.807, 2.05) is 25.1 Å². The van der Waals surface area contributed by atoms with E-state index in [4.69, 9.17) is 0 Å². The fraction of sp³-hybridized carbons (Fsp3) is 0.225. The monoisotopic (exact) mass is 701 g/mol. The molecular formula is C40H32FN3O8. The van der Waals surface area contributed by atoms with Crippen LogP contribution in [0.5, 0.6) is 11.5 Å². The van der Waals surface area contributed by atoms with Gasteiger partial charge in [0.25, 0.3) is 11.8 Å². The predicted molar refractivity (Wildman–Crippen MR) is 184 cm³/mol. The number of aromatic carboxylic acids is 1. The highest BCUT2D eigenvalue weighted by atomic mass is 19.1. The number of aromatic hydroxyl groups is 2. The van der Waals surface area contributed by atoms with Crippen LogP contribution in [-0.4, -0.2) is 49.9 Å².